The first kappa shape index (κ1) is 16.9. The van der Waals surface area contributed by atoms with Gasteiger partial charge in [-0.05, 0) is 18.2 Å². The highest BCUT2D eigenvalue weighted by Gasteiger charge is 2.24. The van der Waals surface area contributed by atoms with Gasteiger partial charge in [0.1, 0.15) is 0 Å². The molecule has 0 aliphatic carbocycles. The van der Waals surface area contributed by atoms with Gasteiger partial charge in [0.25, 0.3) is 5.91 Å². The lowest BCUT2D eigenvalue weighted by molar-refractivity contribution is 0.0746. The lowest BCUT2D eigenvalue weighted by atomic mass is 10.2. The maximum Gasteiger partial charge on any atom is 0.254 e. The Bertz CT molecular complexity index is 909. The van der Waals surface area contributed by atoms with Crippen molar-refractivity contribution in [3.8, 4) is 10.6 Å². The van der Waals surface area contributed by atoms with E-state index in [-0.39, 0.29) is 5.91 Å². The van der Waals surface area contributed by atoms with Crippen molar-refractivity contribution < 1.29 is 4.79 Å². The van der Waals surface area contributed by atoms with E-state index in [4.69, 9.17) is 11.6 Å². The zero-order chi connectivity index (χ0) is 17.9. The van der Waals surface area contributed by atoms with Crippen molar-refractivity contribution >= 4 is 34.0 Å². The average molecular weight is 386 g/mol. The maximum absolute atomic E-state index is 12.5. The molecule has 2 aromatic heterocycles. The van der Waals surface area contributed by atoms with Crippen molar-refractivity contribution in [2.45, 2.75) is 0 Å². The second-order valence-electron chi connectivity index (χ2n) is 5.88. The Hall–Kier alpha value is -2.51. The van der Waals surface area contributed by atoms with Crippen molar-refractivity contribution in [2.24, 2.45) is 0 Å². The summed E-state index contributed by atoms with van der Waals surface area (Å²) in [4.78, 5) is 20.5. The van der Waals surface area contributed by atoms with Crippen molar-refractivity contribution in [1.82, 2.24) is 20.1 Å². The molecule has 3 heterocycles. The van der Waals surface area contributed by atoms with E-state index in [1.54, 1.807) is 24.5 Å². The Labute approximate surface area is 160 Å². The summed E-state index contributed by atoms with van der Waals surface area (Å²) >= 11 is 7.76. The van der Waals surface area contributed by atoms with Crippen LogP contribution >= 0.6 is 22.9 Å². The van der Waals surface area contributed by atoms with Gasteiger partial charge in [0, 0.05) is 49.7 Å². The lowest BCUT2D eigenvalue weighted by Crippen LogP contribution is -2.48. The summed E-state index contributed by atoms with van der Waals surface area (Å²) in [5.74, 6) is 0.0427. The molecule has 4 rings (SSSR count). The number of anilines is 1. The van der Waals surface area contributed by atoms with Gasteiger partial charge in [0.15, 0.2) is 5.01 Å². The predicted octanol–water partition coefficient (Wildman–Crippen LogP) is 3.22. The number of amides is 1. The van der Waals surface area contributed by atoms with E-state index in [0.717, 1.165) is 28.8 Å². The fourth-order valence-corrected chi connectivity index (χ4v) is 4.08. The van der Waals surface area contributed by atoms with E-state index in [1.807, 2.05) is 29.2 Å². The number of aromatic nitrogens is 3. The van der Waals surface area contributed by atoms with Gasteiger partial charge >= 0.3 is 0 Å². The molecule has 132 valence electrons. The van der Waals surface area contributed by atoms with Crippen molar-refractivity contribution in [3.63, 3.8) is 0 Å². The number of carbonyl (C=O) groups excluding carboxylic acids is 1. The van der Waals surface area contributed by atoms with Crippen LogP contribution in [0.4, 0.5) is 5.13 Å². The number of hydrogen-bond acceptors (Lipinski definition) is 6. The highest BCUT2D eigenvalue weighted by Crippen LogP contribution is 2.33. The maximum atomic E-state index is 12.5. The number of halogens is 1. The molecule has 8 heteroatoms. The van der Waals surface area contributed by atoms with Crippen LogP contribution in [0.1, 0.15) is 10.4 Å². The molecule has 26 heavy (non-hydrogen) atoms. The smallest absolute Gasteiger partial charge is 0.254 e. The van der Waals surface area contributed by atoms with Gasteiger partial charge in [-0.15, -0.1) is 10.2 Å². The molecular weight excluding hydrogens is 370 g/mol. The minimum absolute atomic E-state index is 0.0427. The summed E-state index contributed by atoms with van der Waals surface area (Å²) < 4.78 is 0. The molecule has 1 saturated heterocycles. The van der Waals surface area contributed by atoms with E-state index in [1.165, 1.54) is 11.3 Å². The van der Waals surface area contributed by atoms with Gasteiger partial charge in [-0.2, -0.15) is 0 Å². The van der Waals surface area contributed by atoms with Crippen LogP contribution in [0.25, 0.3) is 10.6 Å². The third kappa shape index (κ3) is 3.40. The normalized spacial score (nSPS) is 14.5. The molecule has 1 aromatic carbocycles. The number of piperazine rings is 1. The average Bonchev–Trinajstić information content (AvgIpc) is 3.18. The molecule has 0 saturated carbocycles. The Kier molecular flexibility index (Phi) is 4.81. The molecule has 0 spiro atoms. The molecule has 1 aliphatic rings. The van der Waals surface area contributed by atoms with Crippen LogP contribution in [-0.4, -0.2) is 52.2 Å². The molecule has 0 bridgehead atoms. The first-order valence-corrected chi connectivity index (χ1v) is 9.44. The number of benzene rings is 1. The van der Waals surface area contributed by atoms with Crippen molar-refractivity contribution in [3.05, 3.63) is 59.4 Å². The van der Waals surface area contributed by atoms with Gasteiger partial charge in [0.2, 0.25) is 5.13 Å². The largest absolute Gasteiger partial charge is 0.343 e. The van der Waals surface area contributed by atoms with E-state index < -0.39 is 0 Å². The van der Waals surface area contributed by atoms with E-state index in [9.17, 15) is 4.79 Å². The molecule has 0 N–H and O–H groups in total. The molecule has 1 amide bonds. The highest BCUT2D eigenvalue weighted by molar-refractivity contribution is 7.18. The van der Waals surface area contributed by atoms with Crippen LogP contribution in [0.2, 0.25) is 5.02 Å². The molecule has 0 unspecified atom stereocenters. The molecule has 6 nitrogen and oxygen atoms in total. The Morgan fingerprint density at radius 3 is 2.46 bits per heavy atom. The lowest BCUT2D eigenvalue weighted by Gasteiger charge is -2.34. The van der Waals surface area contributed by atoms with E-state index >= 15 is 0 Å². The summed E-state index contributed by atoms with van der Waals surface area (Å²) in [6.45, 7) is 2.77. The van der Waals surface area contributed by atoms with Crippen LogP contribution in [-0.2, 0) is 0 Å². The second-order valence-corrected chi connectivity index (χ2v) is 7.25. The molecule has 0 radical (unpaired) electrons. The standard InChI is InChI=1S/C18H16ClN5OS/c19-15-4-2-1-3-14(15)16-21-22-18(26-16)24-11-9-23(10-12-24)17(25)13-5-7-20-8-6-13/h1-8H,9-12H2. The van der Waals surface area contributed by atoms with Crippen LogP contribution in [0, 0.1) is 0 Å². The van der Waals surface area contributed by atoms with Gasteiger partial charge in [-0.3, -0.25) is 9.78 Å². The summed E-state index contributed by atoms with van der Waals surface area (Å²) in [5.41, 5.74) is 1.56. The minimum atomic E-state index is 0.0427. The second kappa shape index (κ2) is 7.39. The zero-order valence-corrected chi connectivity index (χ0v) is 15.5. The summed E-state index contributed by atoms with van der Waals surface area (Å²) in [6.07, 6.45) is 3.28. The first-order chi connectivity index (χ1) is 12.7. The number of nitrogens with zero attached hydrogens (tertiary/aromatic N) is 5. The van der Waals surface area contributed by atoms with Gasteiger partial charge in [-0.1, -0.05) is 41.1 Å². The highest BCUT2D eigenvalue weighted by atomic mass is 35.5. The Morgan fingerprint density at radius 1 is 1.00 bits per heavy atom. The quantitative estimate of drug-likeness (QED) is 0.692. The van der Waals surface area contributed by atoms with Crippen LogP contribution < -0.4 is 4.90 Å². The molecular formula is C18H16ClN5OS. The van der Waals surface area contributed by atoms with Gasteiger partial charge < -0.3 is 9.80 Å². The number of hydrogen-bond donors (Lipinski definition) is 0. The van der Waals surface area contributed by atoms with Gasteiger partial charge in [0.05, 0.1) is 5.02 Å². The Balaban J connectivity index is 1.43. The van der Waals surface area contributed by atoms with E-state index in [0.29, 0.717) is 23.7 Å². The third-order valence-electron chi connectivity index (χ3n) is 4.28. The zero-order valence-electron chi connectivity index (χ0n) is 13.9. The number of pyridine rings is 1. The van der Waals surface area contributed by atoms with E-state index in [2.05, 4.69) is 20.1 Å². The van der Waals surface area contributed by atoms with Crippen LogP contribution in [0.15, 0.2) is 48.8 Å². The molecule has 0 atom stereocenters. The molecule has 1 aliphatic heterocycles. The predicted molar refractivity (Wildman–Crippen MR) is 103 cm³/mol. The topological polar surface area (TPSA) is 62.2 Å². The SMILES string of the molecule is O=C(c1ccncc1)N1CCN(c2nnc(-c3ccccc3Cl)s2)CC1. The number of rotatable bonds is 3. The van der Waals surface area contributed by atoms with Crippen LogP contribution in [0.3, 0.4) is 0 Å². The first-order valence-electron chi connectivity index (χ1n) is 8.25. The number of carbonyl (C=O) groups is 1. The van der Waals surface area contributed by atoms with Gasteiger partial charge in [-0.25, -0.2) is 0 Å². The third-order valence-corrected chi connectivity index (χ3v) is 5.63. The van der Waals surface area contributed by atoms with Crippen molar-refractivity contribution in [1.29, 1.82) is 0 Å². The summed E-state index contributed by atoms with van der Waals surface area (Å²) in [7, 11) is 0. The van der Waals surface area contributed by atoms with Crippen molar-refractivity contribution in [2.75, 3.05) is 31.1 Å². The fourth-order valence-electron chi connectivity index (χ4n) is 2.86. The molecule has 3 aromatic rings. The summed E-state index contributed by atoms with van der Waals surface area (Å²) in [5, 5.41) is 10.9. The van der Waals surface area contributed by atoms with Crippen LogP contribution in [0.5, 0.6) is 0 Å². The fraction of sp³-hybridized carbons (Fsp3) is 0.222. The Morgan fingerprint density at radius 2 is 1.73 bits per heavy atom. The minimum Gasteiger partial charge on any atom is -0.343 e. The summed E-state index contributed by atoms with van der Waals surface area (Å²) in [6, 6.07) is 11.1. The molecule has 1 fully saturated rings. The monoisotopic (exact) mass is 385 g/mol.